The van der Waals surface area contributed by atoms with Crippen molar-refractivity contribution >= 4 is 33.0 Å². The molecule has 0 spiro atoms. The summed E-state index contributed by atoms with van der Waals surface area (Å²) in [5.41, 5.74) is 1.45. The number of carbonyl (C=O) groups is 1. The Morgan fingerprint density at radius 2 is 1.72 bits per heavy atom. The third-order valence-electron chi connectivity index (χ3n) is 4.69. The fourth-order valence-corrected chi connectivity index (χ4v) is 4.14. The zero-order valence-electron chi connectivity index (χ0n) is 17.4. The summed E-state index contributed by atoms with van der Waals surface area (Å²) in [7, 11) is -3.83. The lowest BCUT2D eigenvalue weighted by molar-refractivity contribution is 0.101. The van der Waals surface area contributed by atoms with Gasteiger partial charge in [-0.2, -0.15) is 0 Å². The van der Waals surface area contributed by atoms with Gasteiger partial charge in [0.25, 0.3) is 10.0 Å². The molecular formula is C22H20N6O3S. The van der Waals surface area contributed by atoms with E-state index in [0.717, 1.165) is 11.5 Å². The number of nitrogens with zero attached hydrogens (tertiary/aromatic N) is 4. The van der Waals surface area contributed by atoms with Crippen LogP contribution >= 0.6 is 0 Å². The smallest absolute Gasteiger partial charge is 0.261 e. The third-order valence-corrected chi connectivity index (χ3v) is 6.06. The van der Waals surface area contributed by atoms with E-state index in [0.29, 0.717) is 22.9 Å². The van der Waals surface area contributed by atoms with Gasteiger partial charge in [-0.25, -0.2) is 23.4 Å². The Labute approximate surface area is 185 Å². The van der Waals surface area contributed by atoms with Gasteiger partial charge in [-0.3, -0.25) is 14.1 Å². The summed E-state index contributed by atoms with van der Waals surface area (Å²) in [4.78, 5) is 24.2. The minimum atomic E-state index is -3.83. The van der Waals surface area contributed by atoms with E-state index in [9.17, 15) is 13.2 Å². The quantitative estimate of drug-likeness (QED) is 0.414. The van der Waals surface area contributed by atoms with Crippen LogP contribution in [0.3, 0.4) is 0 Å². The molecular weight excluding hydrogens is 428 g/mol. The van der Waals surface area contributed by atoms with E-state index < -0.39 is 10.0 Å². The summed E-state index contributed by atoms with van der Waals surface area (Å²) >= 11 is 0. The van der Waals surface area contributed by atoms with E-state index in [4.69, 9.17) is 0 Å². The van der Waals surface area contributed by atoms with Crippen LogP contribution in [0.15, 0.2) is 78.2 Å². The standard InChI is InChI=1S/C22H20N6O3S/c1-15(29)17-4-3-5-20(12-17)32(30,31)27-19-8-6-18(7-9-19)26-21-13-22(25-14-24-21)28-11-10-23-16(28)2/h3-14,27H,1-2H3,(H,24,25,26). The van der Waals surface area contributed by atoms with Crippen LogP contribution in [0, 0.1) is 6.92 Å². The number of hydrogen-bond acceptors (Lipinski definition) is 7. The predicted molar refractivity (Wildman–Crippen MR) is 121 cm³/mol. The van der Waals surface area contributed by atoms with Crippen molar-refractivity contribution in [3.05, 3.63) is 84.7 Å². The normalized spacial score (nSPS) is 11.2. The number of aromatic nitrogens is 4. The van der Waals surface area contributed by atoms with E-state index in [-0.39, 0.29) is 10.7 Å². The minimum absolute atomic E-state index is 0.0238. The average molecular weight is 449 g/mol. The van der Waals surface area contributed by atoms with Crippen LogP contribution in [0.2, 0.25) is 0 Å². The first-order valence-electron chi connectivity index (χ1n) is 9.65. The first kappa shape index (κ1) is 21.2. The molecule has 0 saturated carbocycles. The Bertz CT molecular complexity index is 1380. The Morgan fingerprint density at radius 3 is 2.41 bits per heavy atom. The van der Waals surface area contributed by atoms with E-state index in [1.807, 2.05) is 17.7 Å². The zero-order chi connectivity index (χ0) is 22.7. The molecule has 2 aromatic carbocycles. The van der Waals surface area contributed by atoms with Crippen molar-refractivity contribution in [1.29, 1.82) is 0 Å². The van der Waals surface area contributed by atoms with Gasteiger partial charge < -0.3 is 5.32 Å². The fourth-order valence-electron chi connectivity index (χ4n) is 3.03. The van der Waals surface area contributed by atoms with Crippen LogP contribution in [-0.4, -0.2) is 33.7 Å². The Balaban J connectivity index is 1.49. The highest BCUT2D eigenvalue weighted by atomic mass is 32.2. The molecule has 32 heavy (non-hydrogen) atoms. The fraction of sp³-hybridized carbons (Fsp3) is 0.0909. The van der Waals surface area contributed by atoms with Crippen LogP contribution in [0.5, 0.6) is 0 Å². The first-order valence-corrected chi connectivity index (χ1v) is 11.1. The second-order valence-electron chi connectivity index (χ2n) is 7.00. The Kier molecular flexibility index (Phi) is 5.69. The van der Waals surface area contributed by atoms with Crippen LogP contribution in [0.25, 0.3) is 5.82 Å². The lowest BCUT2D eigenvalue weighted by Crippen LogP contribution is -2.13. The number of aryl methyl sites for hydroxylation is 1. The molecule has 0 fully saturated rings. The van der Waals surface area contributed by atoms with Crippen molar-refractivity contribution in [2.45, 2.75) is 18.7 Å². The number of sulfonamides is 1. The maximum atomic E-state index is 12.7. The molecule has 0 aliphatic heterocycles. The molecule has 0 radical (unpaired) electrons. The van der Waals surface area contributed by atoms with Crippen molar-refractivity contribution < 1.29 is 13.2 Å². The lowest BCUT2D eigenvalue weighted by Gasteiger charge is -2.11. The molecule has 10 heteroatoms. The van der Waals surface area contributed by atoms with Gasteiger partial charge in [0.05, 0.1) is 4.90 Å². The molecule has 0 aliphatic rings. The third kappa shape index (κ3) is 4.65. The van der Waals surface area contributed by atoms with Crippen LogP contribution in [0.4, 0.5) is 17.2 Å². The van der Waals surface area contributed by atoms with E-state index >= 15 is 0 Å². The van der Waals surface area contributed by atoms with Gasteiger partial charge in [-0.15, -0.1) is 0 Å². The summed E-state index contributed by atoms with van der Waals surface area (Å²) in [5.74, 6) is 1.86. The van der Waals surface area contributed by atoms with Crippen molar-refractivity contribution in [3.63, 3.8) is 0 Å². The highest BCUT2D eigenvalue weighted by Gasteiger charge is 2.15. The molecule has 4 rings (SSSR count). The number of Topliss-reactive ketones (excluding diaryl/α,β-unsaturated/α-hetero) is 1. The molecule has 2 heterocycles. The SMILES string of the molecule is CC(=O)c1cccc(S(=O)(=O)Nc2ccc(Nc3cc(-n4ccnc4C)ncn3)cc2)c1. The lowest BCUT2D eigenvalue weighted by atomic mass is 10.2. The number of anilines is 3. The molecule has 0 unspecified atom stereocenters. The summed E-state index contributed by atoms with van der Waals surface area (Å²) in [6, 6.07) is 14.4. The molecule has 0 amide bonds. The molecule has 4 aromatic rings. The highest BCUT2D eigenvalue weighted by Crippen LogP contribution is 2.22. The van der Waals surface area contributed by atoms with Gasteiger partial charge in [-0.05, 0) is 50.2 Å². The maximum Gasteiger partial charge on any atom is 0.261 e. The van der Waals surface area contributed by atoms with Crippen molar-refractivity contribution in [2.24, 2.45) is 0 Å². The molecule has 0 atom stereocenters. The largest absolute Gasteiger partial charge is 0.340 e. The summed E-state index contributed by atoms with van der Waals surface area (Å²) in [6.45, 7) is 3.27. The average Bonchev–Trinajstić information content (AvgIpc) is 3.21. The minimum Gasteiger partial charge on any atom is -0.340 e. The van der Waals surface area contributed by atoms with Gasteiger partial charge in [0, 0.05) is 35.4 Å². The second-order valence-corrected chi connectivity index (χ2v) is 8.68. The monoisotopic (exact) mass is 448 g/mol. The van der Waals surface area contributed by atoms with Crippen LogP contribution < -0.4 is 10.0 Å². The van der Waals surface area contributed by atoms with E-state index in [2.05, 4.69) is 25.0 Å². The van der Waals surface area contributed by atoms with Crippen molar-refractivity contribution in [2.75, 3.05) is 10.0 Å². The molecule has 2 N–H and O–H groups in total. The van der Waals surface area contributed by atoms with E-state index in [1.54, 1.807) is 48.7 Å². The van der Waals surface area contributed by atoms with Gasteiger partial charge in [0.2, 0.25) is 0 Å². The number of imidazole rings is 1. The topological polar surface area (TPSA) is 119 Å². The van der Waals surface area contributed by atoms with Gasteiger partial charge >= 0.3 is 0 Å². The van der Waals surface area contributed by atoms with Crippen LogP contribution in [-0.2, 0) is 10.0 Å². The summed E-state index contributed by atoms with van der Waals surface area (Å²) in [6.07, 6.45) is 4.96. The zero-order valence-corrected chi connectivity index (χ0v) is 18.2. The molecule has 2 aromatic heterocycles. The van der Waals surface area contributed by atoms with Crippen molar-refractivity contribution in [3.8, 4) is 5.82 Å². The van der Waals surface area contributed by atoms with Crippen molar-refractivity contribution in [1.82, 2.24) is 19.5 Å². The number of carbonyl (C=O) groups excluding carboxylic acids is 1. The number of nitrogens with one attached hydrogen (secondary N) is 2. The first-order chi connectivity index (χ1) is 15.3. The number of benzene rings is 2. The van der Waals surface area contributed by atoms with Gasteiger partial charge in [0.1, 0.15) is 23.8 Å². The maximum absolute atomic E-state index is 12.7. The Hall–Kier alpha value is -4.05. The van der Waals surface area contributed by atoms with Gasteiger partial charge in [0.15, 0.2) is 5.78 Å². The Morgan fingerprint density at radius 1 is 0.969 bits per heavy atom. The molecule has 0 saturated heterocycles. The highest BCUT2D eigenvalue weighted by molar-refractivity contribution is 7.92. The van der Waals surface area contributed by atoms with Crippen LogP contribution in [0.1, 0.15) is 23.1 Å². The number of hydrogen-bond donors (Lipinski definition) is 2. The summed E-state index contributed by atoms with van der Waals surface area (Å²) < 4.78 is 29.7. The van der Waals surface area contributed by atoms with E-state index in [1.165, 1.54) is 25.4 Å². The molecule has 162 valence electrons. The summed E-state index contributed by atoms with van der Waals surface area (Å²) in [5, 5.41) is 3.17. The molecule has 0 bridgehead atoms. The number of rotatable bonds is 7. The second kappa shape index (κ2) is 8.60. The predicted octanol–water partition coefficient (Wildman–Crippen LogP) is 3.72. The van der Waals surface area contributed by atoms with Gasteiger partial charge in [-0.1, -0.05) is 12.1 Å². The molecule has 0 aliphatic carbocycles. The number of ketones is 1. The molecule has 9 nitrogen and oxygen atoms in total.